The van der Waals surface area contributed by atoms with E-state index in [-0.39, 0.29) is 0 Å². The molecule has 0 unspecified atom stereocenters. The van der Waals surface area contributed by atoms with Crippen molar-refractivity contribution in [2.24, 2.45) is 0 Å². The summed E-state index contributed by atoms with van der Waals surface area (Å²) in [7, 11) is -3.51. The first kappa shape index (κ1) is 14.6. The molecule has 0 atom stereocenters. The number of anilines is 1. The number of halogens is 1. The van der Waals surface area contributed by atoms with Gasteiger partial charge in [0.05, 0.1) is 3.79 Å². The Labute approximate surface area is 125 Å². The fourth-order valence-electron chi connectivity index (χ4n) is 1.57. The largest absolute Gasteiger partial charge is 0.279 e. The molecule has 6 heteroatoms. The second kappa shape index (κ2) is 5.26. The summed E-state index contributed by atoms with van der Waals surface area (Å²) in [5, 5.41) is 0. The molecule has 0 fully saturated rings. The van der Waals surface area contributed by atoms with Crippen LogP contribution >= 0.6 is 27.3 Å². The Balaban J connectivity index is 2.33. The molecule has 3 nitrogen and oxygen atoms in total. The third-order valence-corrected chi connectivity index (χ3v) is 6.85. The Kier molecular flexibility index (Phi) is 4.03. The van der Waals surface area contributed by atoms with Crippen molar-refractivity contribution < 1.29 is 8.42 Å². The molecule has 0 aliphatic rings. The van der Waals surface area contributed by atoms with E-state index in [0.717, 1.165) is 20.5 Å². The topological polar surface area (TPSA) is 46.2 Å². The van der Waals surface area contributed by atoms with Gasteiger partial charge in [-0.1, -0.05) is 6.07 Å². The van der Waals surface area contributed by atoms with Gasteiger partial charge in [0.1, 0.15) is 4.21 Å². The fraction of sp³-hybridized carbons (Fsp3) is 0.231. The monoisotopic (exact) mass is 359 g/mol. The summed E-state index contributed by atoms with van der Waals surface area (Å²) in [6.07, 6.45) is 0. The molecule has 0 amide bonds. The summed E-state index contributed by atoms with van der Waals surface area (Å²) in [5.41, 5.74) is 3.71. The number of sulfonamides is 1. The van der Waals surface area contributed by atoms with E-state index < -0.39 is 10.0 Å². The van der Waals surface area contributed by atoms with Gasteiger partial charge in [-0.3, -0.25) is 4.72 Å². The van der Waals surface area contributed by atoms with Crippen LogP contribution in [0.5, 0.6) is 0 Å². The number of hydrogen-bond acceptors (Lipinski definition) is 3. The van der Waals surface area contributed by atoms with Crippen LogP contribution in [0, 0.1) is 20.8 Å². The highest BCUT2D eigenvalue weighted by Crippen LogP contribution is 2.31. The zero-order chi connectivity index (χ0) is 14.2. The number of nitrogens with one attached hydrogen (secondary N) is 1. The van der Waals surface area contributed by atoms with Crippen LogP contribution in [0.4, 0.5) is 5.69 Å². The van der Waals surface area contributed by atoms with Crippen molar-refractivity contribution in [3.63, 3.8) is 0 Å². The van der Waals surface area contributed by atoms with E-state index in [1.54, 1.807) is 12.1 Å². The van der Waals surface area contributed by atoms with Gasteiger partial charge in [0, 0.05) is 5.69 Å². The second-order valence-electron chi connectivity index (χ2n) is 4.43. The van der Waals surface area contributed by atoms with E-state index in [1.807, 2.05) is 32.9 Å². The molecular weight excluding hydrogens is 346 g/mol. The molecule has 1 N–H and O–H groups in total. The normalized spacial score (nSPS) is 11.6. The minimum Gasteiger partial charge on any atom is -0.279 e. The predicted octanol–water partition coefficient (Wildman–Crippen LogP) is 4.24. The Morgan fingerprint density at radius 3 is 2.26 bits per heavy atom. The van der Waals surface area contributed by atoms with Gasteiger partial charge in [-0.2, -0.15) is 0 Å². The summed E-state index contributed by atoms with van der Waals surface area (Å²) in [5.74, 6) is 0. The lowest BCUT2D eigenvalue weighted by atomic mass is 10.1. The van der Waals surface area contributed by atoms with Crippen LogP contribution in [0.15, 0.2) is 32.3 Å². The van der Waals surface area contributed by atoms with Crippen LogP contribution in [0.1, 0.15) is 16.7 Å². The lowest BCUT2D eigenvalue weighted by Crippen LogP contribution is -2.11. The first-order chi connectivity index (χ1) is 8.79. The van der Waals surface area contributed by atoms with Gasteiger partial charge in [0.15, 0.2) is 0 Å². The van der Waals surface area contributed by atoms with Crippen molar-refractivity contribution in [2.45, 2.75) is 25.0 Å². The first-order valence-corrected chi connectivity index (χ1v) is 8.75. The number of hydrogen-bond donors (Lipinski definition) is 1. The smallest absolute Gasteiger partial charge is 0.271 e. The van der Waals surface area contributed by atoms with Crippen molar-refractivity contribution in [3.05, 3.63) is 44.7 Å². The Hall–Kier alpha value is -0.850. The SMILES string of the molecule is Cc1ccc(NS(=O)(=O)c2cc(C)c(Br)s2)cc1C. The Morgan fingerprint density at radius 1 is 1.05 bits per heavy atom. The molecule has 1 aromatic heterocycles. The van der Waals surface area contributed by atoms with Gasteiger partial charge in [0.2, 0.25) is 0 Å². The molecule has 0 aliphatic heterocycles. The highest BCUT2D eigenvalue weighted by molar-refractivity contribution is 9.11. The Morgan fingerprint density at radius 2 is 1.74 bits per heavy atom. The molecule has 0 radical (unpaired) electrons. The van der Waals surface area contributed by atoms with Gasteiger partial charge in [-0.15, -0.1) is 11.3 Å². The van der Waals surface area contributed by atoms with Crippen LogP contribution in [-0.2, 0) is 10.0 Å². The molecule has 0 saturated heterocycles. The van der Waals surface area contributed by atoms with E-state index >= 15 is 0 Å². The van der Waals surface area contributed by atoms with E-state index in [1.165, 1.54) is 11.3 Å². The van der Waals surface area contributed by atoms with Gasteiger partial charge in [0.25, 0.3) is 10.0 Å². The fourth-order valence-corrected chi connectivity index (χ4v) is 4.85. The molecular formula is C13H14BrNO2S2. The van der Waals surface area contributed by atoms with E-state index in [2.05, 4.69) is 20.7 Å². The van der Waals surface area contributed by atoms with Crippen molar-refractivity contribution in [1.82, 2.24) is 0 Å². The zero-order valence-corrected chi connectivity index (χ0v) is 14.0. The van der Waals surface area contributed by atoms with E-state index in [0.29, 0.717) is 9.90 Å². The number of benzene rings is 1. The minimum atomic E-state index is -3.51. The predicted molar refractivity (Wildman–Crippen MR) is 83.5 cm³/mol. The Bertz CT molecular complexity index is 701. The number of rotatable bonds is 3. The molecule has 0 saturated carbocycles. The van der Waals surface area contributed by atoms with Crippen LogP contribution in [-0.4, -0.2) is 8.42 Å². The van der Waals surface area contributed by atoms with Gasteiger partial charge >= 0.3 is 0 Å². The number of aryl methyl sites for hydroxylation is 3. The molecule has 0 aliphatic carbocycles. The quantitative estimate of drug-likeness (QED) is 0.890. The lowest BCUT2D eigenvalue weighted by Gasteiger charge is -2.08. The zero-order valence-electron chi connectivity index (χ0n) is 10.8. The highest BCUT2D eigenvalue weighted by Gasteiger charge is 2.18. The summed E-state index contributed by atoms with van der Waals surface area (Å²) in [4.78, 5) is 0. The number of thiophene rings is 1. The maximum atomic E-state index is 12.2. The molecule has 2 rings (SSSR count). The van der Waals surface area contributed by atoms with Crippen LogP contribution in [0.2, 0.25) is 0 Å². The summed E-state index contributed by atoms with van der Waals surface area (Å²) in [6, 6.07) is 7.18. The van der Waals surface area contributed by atoms with Gasteiger partial charge < -0.3 is 0 Å². The van der Waals surface area contributed by atoms with Crippen LogP contribution in [0.3, 0.4) is 0 Å². The molecule has 2 aromatic rings. The van der Waals surface area contributed by atoms with Gasteiger partial charge in [-0.05, 0) is 71.6 Å². The standard InChI is InChI=1S/C13H14BrNO2S2/c1-8-4-5-11(6-9(8)2)15-19(16,17)12-7-10(3)13(14)18-12/h4-7,15H,1-3H3. The summed E-state index contributed by atoms with van der Waals surface area (Å²) < 4.78 is 28.2. The lowest BCUT2D eigenvalue weighted by molar-refractivity contribution is 0.603. The molecule has 102 valence electrons. The third kappa shape index (κ3) is 3.19. The maximum Gasteiger partial charge on any atom is 0.271 e. The van der Waals surface area contributed by atoms with Crippen LogP contribution in [0.25, 0.3) is 0 Å². The minimum absolute atomic E-state index is 0.315. The van der Waals surface area contributed by atoms with Crippen LogP contribution < -0.4 is 4.72 Å². The summed E-state index contributed by atoms with van der Waals surface area (Å²) in [6.45, 7) is 5.82. The molecule has 19 heavy (non-hydrogen) atoms. The van der Waals surface area contributed by atoms with Crippen molar-refractivity contribution >= 4 is 43.0 Å². The highest BCUT2D eigenvalue weighted by atomic mass is 79.9. The van der Waals surface area contributed by atoms with Crippen molar-refractivity contribution in [1.29, 1.82) is 0 Å². The van der Waals surface area contributed by atoms with E-state index in [4.69, 9.17) is 0 Å². The third-order valence-electron chi connectivity index (χ3n) is 2.86. The van der Waals surface area contributed by atoms with Crippen molar-refractivity contribution in [3.8, 4) is 0 Å². The van der Waals surface area contributed by atoms with Crippen molar-refractivity contribution in [2.75, 3.05) is 4.72 Å². The second-order valence-corrected chi connectivity index (χ2v) is 8.71. The molecule has 1 heterocycles. The average Bonchev–Trinajstić information content (AvgIpc) is 2.65. The first-order valence-electron chi connectivity index (χ1n) is 5.65. The summed E-state index contributed by atoms with van der Waals surface area (Å²) >= 11 is 4.56. The molecule has 0 bridgehead atoms. The molecule has 0 spiro atoms. The maximum absolute atomic E-state index is 12.2. The average molecular weight is 360 g/mol. The van der Waals surface area contributed by atoms with E-state index in [9.17, 15) is 8.42 Å². The van der Waals surface area contributed by atoms with Gasteiger partial charge in [-0.25, -0.2) is 8.42 Å². The molecule has 1 aromatic carbocycles.